The smallest absolute Gasteiger partial charge is 0.213 e. The highest BCUT2D eigenvalue weighted by Gasteiger charge is 2.76. The lowest BCUT2D eigenvalue weighted by molar-refractivity contribution is -0.166. The van der Waals surface area contributed by atoms with Gasteiger partial charge >= 0.3 is 0 Å². The number of phenolic OH excluding ortho intramolecular Hbond substituents is 1. The molecule has 0 aromatic heterocycles. The van der Waals surface area contributed by atoms with Gasteiger partial charge in [0.1, 0.15) is 28.4 Å². The van der Waals surface area contributed by atoms with Crippen LogP contribution in [0.3, 0.4) is 0 Å². The van der Waals surface area contributed by atoms with Crippen LogP contribution in [0.1, 0.15) is 70.3 Å². The van der Waals surface area contributed by atoms with E-state index in [1.165, 1.54) is 13.2 Å². The summed E-state index contributed by atoms with van der Waals surface area (Å²) in [5.41, 5.74) is -1.74. The number of rotatable bonds is 5. The van der Waals surface area contributed by atoms with Crippen LogP contribution in [0.2, 0.25) is 0 Å². The second-order valence-corrected chi connectivity index (χ2v) is 11.7. The first-order chi connectivity index (χ1) is 16.3. The van der Waals surface area contributed by atoms with E-state index in [4.69, 9.17) is 14.2 Å². The first-order valence-electron chi connectivity index (χ1n) is 12.2. The molecule has 4 bridgehead atoms. The lowest BCUT2D eigenvalue weighted by Gasteiger charge is -2.53. The van der Waals surface area contributed by atoms with E-state index in [1.807, 2.05) is 53.7 Å². The second kappa shape index (κ2) is 7.10. The zero-order chi connectivity index (χ0) is 25.7. The molecule has 1 aromatic rings. The highest BCUT2D eigenvalue weighted by molar-refractivity contribution is 6.21. The van der Waals surface area contributed by atoms with E-state index >= 15 is 0 Å². The monoisotopic (exact) mass is 478 g/mol. The van der Waals surface area contributed by atoms with Crippen LogP contribution in [-0.2, 0) is 14.9 Å². The fraction of sp³-hybridized carbons (Fsp3) is 0.517. The van der Waals surface area contributed by atoms with Crippen molar-refractivity contribution >= 4 is 11.6 Å². The van der Waals surface area contributed by atoms with Crippen molar-refractivity contribution in [2.75, 3.05) is 7.11 Å². The van der Waals surface area contributed by atoms with Crippen molar-refractivity contribution in [3.63, 3.8) is 0 Å². The number of carbonyl (C=O) groups excluding carboxylic acids is 2. The second-order valence-electron chi connectivity index (χ2n) is 11.7. The maximum absolute atomic E-state index is 14.5. The molecule has 6 nitrogen and oxygen atoms in total. The van der Waals surface area contributed by atoms with Gasteiger partial charge in [0.25, 0.3) is 0 Å². The Morgan fingerprint density at radius 3 is 2.60 bits per heavy atom. The molecule has 35 heavy (non-hydrogen) atoms. The topological polar surface area (TPSA) is 82.1 Å². The number of hydrogen-bond acceptors (Lipinski definition) is 6. The van der Waals surface area contributed by atoms with Crippen LogP contribution in [0.25, 0.3) is 0 Å². The molecule has 1 spiro atoms. The third kappa shape index (κ3) is 2.86. The van der Waals surface area contributed by atoms with Crippen LogP contribution in [0.15, 0.2) is 42.0 Å². The summed E-state index contributed by atoms with van der Waals surface area (Å²) in [6, 6.07) is 1.44. The Balaban J connectivity index is 1.79. The highest BCUT2D eigenvalue weighted by Crippen LogP contribution is 2.65. The van der Waals surface area contributed by atoms with Crippen molar-refractivity contribution in [3.05, 3.63) is 53.1 Å². The highest BCUT2D eigenvalue weighted by atomic mass is 16.6. The summed E-state index contributed by atoms with van der Waals surface area (Å²) in [6.45, 7) is 15.8. The van der Waals surface area contributed by atoms with Crippen LogP contribution in [-0.4, -0.2) is 40.6 Å². The van der Waals surface area contributed by atoms with Gasteiger partial charge in [-0.3, -0.25) is 9.59 Å². The molecule has 1 saturated heterocycles. The molecule has 1 N–H and O–H groups in total. The minimum atomic E-state index is -1.47. The van der Waals surface area contributed by atoms with Crippen molar-refractivity contribution in [2.24, 2.45) is 11.8 Å². The number of phenols is 1. The van der Waals surface area contributed by atoms with Gasteiger partial charge in [0.2, 0.25) is 11.6 Å². The van der Waals surface area contributed by atoms with Gasteiger partial charge < -0.3 is 19.3 Å². The molecule has 3 aliphatic carbocycles. The van der Waals surface area contributed by atoms with Crippen LogP contribution >= 0.6 is 0 Å². The van der Waals surface area contributed by atoms with Gasteiger partial charge in [0.05, 0.1) is 12.7 Å². The number of hydrogen-bond donors (Lipinski definition) is 1. The van der Waals surface area contributed by atoms with E-state index in [-0.39, 0.29) is 40.5 Å². The van der Waals surface area contributed by atoms with E-state index in [1.54, 1.807) is 6.08 Å². The van der Waals surface area contributed by atoms with Gasteiger partial charge in [-0.15, -0.1) is 6.58 Å². The van der Waals surface area contributed by atoms with Crippen LogP contribution < -0.4 is 9.47 Å². The first kappa shape index (κ1) is 23.9. The van der Waals surface area contributed by atoms with E-state index in [9.17, 15) is 14.7 Å². The van der Waals surface area contributed by atoms with Crippen molar-refractivity contribution in [3.8, 4) is 17.2 Å². The summed E-state index contributed by atoms with van der Waals surface area (Å²) in [7, 11) is 1.50. The molecule has 6 heteroatoms. The number of ether oxygens (including phenoxy) is 3. The molecule has 2 aliphatic heterocycles. The van der Waals surface area contributed by atoms with Gasteiger partial charge in [-0.1, -0.05) is 37.6 Å². The number of Topliss-reactive ketones (excluding diaryl/α,β-unsaturated/α-hetero) is 2. The number of fused-ring (bicyclic) bond motifs is 1. The summed E-state index contributed by atoms with van der Waals surface area (Å²) >= 11 is 0. The van der Waals surface area contributed by atoms with Gasteiger partial charge in [0, 0.05) is 47.3 Å². The van der Waals surface area contributed by atoms with Crippen molar-refractivity contribution in [2.45, 2.75) is 76.6 Å². The van der Waals surface area contributed by atoms with Crippen LogP contribution in [0.5, 0.6) is 17.2 Å². The Morgan fingerprint density at radius 1 is 1.31 bits per heavy atom. The number of methoxy groups -OCH3 is 1. The van der Waals surface area contributed by atoms with Crippen LogP contribution in [0.4, 0.5) is 0 Å². The van der Waals surface area contributed by atoms with Gasteiger partial charge in [-0.05, 0) is 27.7 Å². The molecule has 1 saturated carbocycles. The number of benzene rings is 1. The molecule has 186 valence electrons. The minimum absolute atomic E-state index is 0.000989. The molecule has 4 unspecified atom stereocenters. The Morgan fingerprint density at radius 2 is 2.00 bits per heavy atom. The average molecular weight is 479 g/mol. The number of ketones is 2. The summed E-state index contributed by atoms with van der Waals surface area (Å²) in [4.78, 5) is 28.4. The third-order valence-electron chi connectivity index (χ3n) is 8.51. The number of aromatic hydroxyl groups is 1. The van der Waals surface area contributed by atoms with Gasteiger partial charge in [-0.2, -0.15) is 0 Å². The molecule has 2 fully saturated rings. The van der Waals surface area contributed by atoms with E-state index < -0.39 is 22.2 Å². The molecule has 6 rings (SSSR count). The number of allylic oxidation sites excluding steroid dienone is 2. The normalized spacial score (nSPS) is 31.8. The molecule has 1 aromatic carbocycles. The Kier molecular flexibility index (Phi) is 4.84. The Hall–Kier alpha value is -2.86. The molecule has 0 amide bonds. The molecule has 0 radical (unpaired) electrons. The molecular weight excluding hydrogens is 444 g/mol. The fourth-order valence-electron chi connectivity index (χ4n) is 6.64. The van der Waals surface area contributed by atoms with Crippen LogP contribution in [0, 0.1) is 11.8 Å². The van der Waals surface area contributed by atoms with Crippen molar-refractivity contribution in [1.29, 1.82) is 0 Å². The molecular formula is C29H34O6. The maximum atomic E-state index is 14.5. The quantitative estimate of drug-likeness (QED) is 0.584. The van der Waals surface area contributed by atoms with Crippen molar-refractivity contribution in [1.82, 2.24) is 0 Å². The van der Waals surface area contributed by atoms with E-state index in [2.05, 4.69) is 6.58 Å². The summed E-state index contributed by atoms with van der Waals surface area (Å²) in [5.74, 6) is -0.491. The standard InChI is InChI=1S/C29H34O6/c1-9-26(4,5)22-20(33-8)13-19(30)21-23(31)17-12-16-18-14-29(17,34-24(21)22)25(32)28(16,11-10-15(2)3)35-27(18,6)7/h9-10,12-13,16,18,30H,1,11,14H2,2-8H3. The zero-order valence-electron chi connectivity index (χ0n) is 21.6. The van der Waals surface area contributed by atoms with Gasteiger partial charge in [0.15, 0.2) is 5.60 Å². The predicted molar refractivity (Wildman–Crippen MR) is 132 cm³/mol. The minimum Gasteiger partial charge on any atom is -0.507 e. The summed E-state index contributed by atoms with van der Waals surface area (Å²) in [6.07, 6.45) is 6.44. The van der Waals surface area contributed by atoms with Gasteiger partial charge in [-0.25, -0.2) is 0 Å². The fourth-order valence-corrected chi connectivity index (χ4v) is 6.64. The summed E-state index contributed by atoms with van der Waals surface area (Å²) < 4.78 is 18.9. The molecule has 2 heterocycles. The first-order valence-corrected chi connectivity index (χ1v) is 12.2. The predicted octanol–water partition coefficient (Wildman–Crippen LogP) is 5.23. The van der Waals surface area contributed by atoms with Crippen molar-refractivity contribution < 1.29 is 28.9 Å². The lowest BCUT2D eigenvalue weighted by atomic mass is 9.53. The molecule has 4 atom stereocenters. The van der Waals surface area contributed by atoms with E-state index in [0.29, 0.717) is 29.7 Å². The number of carbonyl (C=O) groups is 2. The van der Waals surface area contributed by atoms with E-state index in [0.717, 1.165) is 5.57 Å². The largest absolute Gasteiger partial charge is 0.507 e. The zero-order valence-corrected chi connectivity index (χ0v) is 21.6. The third-order valence-corrected chi connectivity index (χ3v) is 8.51. The summed E-state index contributed by atoms with van der Waals surface area (Å²) in [5, 5.41) is 10.9. The molecule has 5 aliphatic rings. The lowest BCUT2D eigenvalue weighted by Crippen LogP contribution is -2.68. The Bertz CT molecular complexity index is 1240. The Labute approximate surface area is 206 Å². The SMILES string of the molecule is C=CC(C)(C)c1c(OC)cc(O)c2c1OC13CC4C(C=C1C2=O)C(CC=C(C)C)(OC4(C)C)C3=O. The average Bonchev–Trinajstić information content (AvgIpc) is 2.98. The maximum Gasteiger partial charge on any atom is 0.213 e.